The van der Waals surface area contributed by atoms with Gasteiger partial charge < -0.3 is 9.94 Å². The Morgan fingerprint density at radius 1 is 1.32 bits per heavy atom. The van der Waals surface area contributed by atoms with Crippen molar-refractivity contribution in [1.29, 1.82) is 0 Å². The van der Waals surface area contributed by atoms with Crippen molar-refractivity contribution in [3.05, 3.63) is 34.9 Å². The SMILES string of the molecule is CCCCC/C(=N\OCC(=O)O)c1ccc(Cl)cc1. The normalized spacial score (nSPS) is 11.4. The second-order valence-corrected chi connectivity index (χ2v) is 4.61. The van der Waals surface area contributed by atoms with Gasteiger partial charge in [-0.3, -0.25) is 0 Å². The highest BCUT2D eigenvalue weighted by Gasteiger charge is 2.05. The molecule has 0 atom stereocenters. The molecular weight excluding hydrogens is 266 g/mol. The Hall–Kier alpha value is -1.55. The molecule has 19 heavy (non-hydrogen) atoms. The van der Waals surface area contributed by atoms with Crippen LogP contribution in [-0.4, -0.2) is 23.4 Å². The molecule has 0 unspecified atom stereocenters. The highest BCUT2D eigenvalue weighted by atomic mass is 35.5. The van der Waals surface area contributed by atoms with Gasteiger partial charge in [0.25, 0.3) is 0 Å². The van der Waals surface area contributed by atoms with Gasteiger partial charge in [0.05, 0.1) is 5.71 Å². The maximum absolute atomic E-state index is 10.4. The first-order valence-corrected chi connectivity index (χ1v) is 6.68. The molecule has 0 heterocycles. The number of rotatable bonds is 8. The number of halogens is 1. The van der Waals surface area contributed by atoms with E-state index in [4.69, 9.17) is 21.5 Å². The van der Waals surface area contributed by atoms with Crippen LogP contribution in [0.2, 0.25) is 5.02 Å². The lowest BCUT2D eigenvalue weighted by atomic mass is 10.0. The summed E-state index contributed by atoms with van der Waals surface area (Å²) >= 11 is 5.84. The van der Waals surface area contributed by atoms with Crippen LogP contribution in [0.25, 0.3) is 0 Å². The predicted octanol–water partition coefficient (Wildman–Crippen LogP) is 3.73. The number of unbranched alkanes of at least 4 members (excludes halogenated alkanes) is 2. The third-order valence-electron chi connectivity index (χ3n) is 2.56. The van der Waals surface area contributed by atoms with Gasteiger partial charge in [-0.25, -0.2) is 4.79 Å². The molecule has 5 heteroatoms. The lowest BCUT2D eigenvalue weighted by Gasteiger charge is -2.06. The molecule has 1 rings (SSSR count). The van der Waals surface area contributed by atoms with Crippen molar-refractivity contribution >= 4 is 23.3 Å². The zero-order valence-electron chi connectivity index (χ0n) is 10.9. The minimum Gasteiger partial charge on any atom is -0.479 e. The number of nitrogens with zero attached hydrogens (tertiary/aromatic N) is 1. The average molecular weight is 284 g/mol. The van der Waals surface area contributed by atoms with Crippen molar-refractivity contribution in [1.82, 2.24) is 0 Å². The summed E-state index contributed by atoms with van der Waals surface area (Å²) in [6, 6.07) is 7.28. The van der Waals surface area contributed by atoms with E-state index in [1.807, 2.05) is 12.1 Å². The Bertz CT molecular complexity index is 429. The first-order chi connectivity index (χ1) is 9.13. The van der Waals surface area contributed by atoms with Crippen molar-refractivity contribution in [2.75, 3.05) is 6.61 Å². The van der Waals surface area contributed by atoms with E-state index in [1.54, 1.807) is 12.1 Å². The lowest BCUT2D eigenvalue weighted by Crippen LogP contribution is -2.07. The zero-order chi connectivity index (χ0) is 14.1. The maximum atomic E-state index is 10.4. The van der Waals surface area contributed by atoms with Crippen molar-refractivity contribution in [2.24, 2.45) is 5.16 Å². The molecule has 0 aliphatic carbocycles. The number of aliphatic carboxylic acids is 1. The monoisotopic (exact) mass is 283 g/mol. The molecule has 0 radical (unpaired) electrons. The Balaban J connectivity index is 2.72. The molecule has 0 bridgehead atoms. The number of oxime groups is 1. The van der Waals surface area contributed by atoms with Gasteiger partial charge in [-0.15, -0.1) is 0 Å². The highest BCUT2D eigenvalue weighted by Crippen LogP contribution is 2.14. The number of benzene rings is 1. The second-order valence-electron chi connectivity index (χ2n) is 4.17. The van der Waals surface area contributed by atoms with Crippen LogP contribution in [0.4, 0.5) is 0 Å². The molecule has 0 aliphatic rings. The summed E-state index contributed by atoms with van der Waals surface area (Å²) in [5.74, 6) is -1.03. The third kappa shape index (κ3) is 6.25. The Labute approximate surface area is 118 Å². The van der Waals surface area contributed by atoms with E-state index < -0.39 is 12.6 Å². The molecule has 0 aromatic heterocycles. The Morgan fingerprint density at radius 2 is 2.00 bits per heavy atom. The zero-order valence-corrected chi connectivity index (χ0v) is 11.7. The minimum atomic E-state index is -1.03. The molecule has 0 amide bonds. The van der Waals surface area contributed by atoms with E-state index in [9.17, 15) is 4.79 Å². The maximum Gasteiger partial charge on any atom is 0.344 e. The first kappa shape index (κ1) is 15.5. The largest absolute Gasteiger partial charge is 0.479 e. The molecule has 0 saturated heterocycles. The van der Waals surface area contributed by atoms with E-state index >= 15 is 0 Å². The van der Waals surface area contributed by atoms with Crippen LogP contribution in [0.1, 0.15) is 38.2 Å². The quantitative estimate of drug-likeness (QED) is 0.449. The van der Waals surface area contributed by atoms with Crippen LogP contribution >= 0.6 is 11.6 Å². The topological polar surface area (TPSA) is 58.9 Å². The minimum absolute atomic E-state index is 0.426. The van der Waals surface area contributed by atoms with Crippen LogP contribution in [0, 0.1) is 0 Å². The summed E-state index contributed by atoms with van der Waals surface area (Å²) in [4.78, 5) is 15.2. The average Bonchev–Trinajstić information content (AvgIpc) is 2.38. The van der Waals surface area contributed by atoms with Crippen molar-refractivity contribution in [2.45, 2.75) is 32.6 Å². The molecule has 4 nitrogen and oxygen atoms in total. The molecule has 0 saturated carbocycles. The molecule has 0 fully saturated rings. The number of carboxylic acids is 1. The fraction of sp³-hybridized carbons (Fsp3) is 0.429. The van der Waals surface area contributed by atoms with Gasteiger partial charge in [-0.05, 0) is 30.5 Å². The fourth-order valence-electron chi connectivity index (χ4n) is 1.59. The van der Waals surface area contributed by atoms with Gasteiger partial charge in [-0.2, -0.15) is 0 Å². The Morgan fingerprint density at radius 3 is 2.58 bits per heavy atom. The van der Waals surface area contributed by atoms with Gasteiger partial charge in [0.15, 0.2) is 0 Å². The third-order valence-corrected chi connectivity index (χ3v) is 2.81. The summed E-state index contributed by atoms with van der Waals surface area (Å²) in [6.07, 6.45) is 3.97. The van der Waals surface area contributed by atoms with E-state index in [0.29, 0.717) is 5.02 Å². The molecule has 1 aromatic rings. The summed E-state index contributed by atoms with van der Waals surface area (Å²) in [5.41, 5.74) is 1.66. The van der Waals surface area contributed by atoms with Gasteiger partial charge in [-0.1, -0.05) is 48.7 Å². The highest BCUT2D eigenvalue weighted by molar-refractivity contribution is 6.30. The van der Waals surface area contributed by atoms with Gasteiger partial charge in [0, 0.05) is 5.02 Å². The smallest absolute Gasteiger partial charge is 0.344 e. The van der Waals surface area contributed by atoms with E-state index in [1.165, 1.54) is 0 Å². The van der Waals surface area contributed by atoms with Gasteiger partial charge >= 0.3 is 5.97 Å². The fourth-order valence-corrected chi connectivity index (χ4v) is 1.72. The standard InChI is InChI=1S/C14H18ClNO3/c1-2-3-4-5-13(16-19-10-14(17)18)11-6-8-12(15)9-7-11/h6-9H,2-5,10H2,1H3,(H,17,18)/b16-13+. The Kier molecular flexibility index (Phi) is 6.97. The van der Waals surface area contributed by atoms with Crippen LogP contribution < -0.4 is 0 Å². The van der Waals surface area contributed by atoms with E-state index in [0.717, 1.165) is 37.0 Å². The van der Waals surface area contributed by atoms with Crippen molar-refractivity contribution in [3.8, 4) is 0 Å². The van der Waals surface area contributed by atoms with E-state index in [-0.39, 0.29) is 0 Å². The summed E-state index contributed by atoms with van der Waals surface area (Å²) in [7, 11) is 0. The van der Waals surface area contributed by atoms with Crippen molar-refractivity contribution in [3.63, 3.8) is 0 Å². The van der Waals surface area contributed by atoms with Gasteiger partial charge in [0.2, 0.25) is 6.61 Å². The number of carbonyl (C=O) groups is 1. The van der Waals surface area contributed by atoms with Crippen molar-refractivity contribution < 1.29 is 14.7 Å². The molecule has 1 N–H and O–H groups in total. The molecular formula is C14H18ClNO3. The number of hydrogen-bond donors (Lipinski definition) is 1. The second kappa shape index (κ2) is 8.53. The first-order valence-electron chi connectivity index (χ1n) is 6.30. The van der Waals surface area contributed by atoms with E-state index in [2.05, 4.69) is 12.1 Å². The number of hydrogen-bond acceptors (Lipinski definition) is 3. The van der Waals surface area contributed by atoms with Crippen LogP contribution in [0.3, 0.4) is 0 Å². The molecule has 0 aliphatic heterocycles. The summed E-state index contributed by atoms with van der Waals surface area (Å²) in [5, 5.41) is 13.1. The van der Waals surface area contributed by atoms with Crippen LogP contribution in [0.15, 0.2) is 29.4 Å². The summed E-state index contributed by atoms with van der Waals surface area (Å²) < 4.78 is 0. The number of carboxylic acid groups (broad SMARTS) is 1. The predicted molar refractivity (Wildman–Crippen MR) is 75.7 cm³/mol. The molecule has 104 valence electrons. The van der Waals surface area contributed by atoms with Gasteiger partial charge in [0.1, 0.15) is 0 Å². The summed E-state index contributed by atoms with van der Waals surface area (Å²) in [6.45, 7) is 1.70. The lowest BCUT2D eigenvalue weighted by molar-refractivity contribution is -0.142. The molecule has 1 aromatic carbocycles. The van der Waals surface area contributed by atoms with Crippen LogP contribution in [-0.2, 0) is 9.63 Å². The van der Waals surface area contributed by atoms with Crippen LogP contribution in [0.5, 0.6) is 0 Å². The molecule has 0 spiro atoms.